The molecule has 0 aromatic carbocycles. The fourth-order valence-electron chi connectivity index (χ4n) is 1.46. The number of unbranched alkanes of at least 4 members (excludes halogenated alkanes) is 1. The fourth-order valence-corrected chi connectivity index (χ4v) is 1.46. The summed E-state index contributed by atoms with van der Waals surface area (Å²) in [6.45, 7) is 13.6. The van der Waals surface area contributed by atoms with E-state index >= 15 is 0 Å². The molecule has 3 unspecified atom stereocenters. The third-order valence-electron chi connectivity index (χ3n) is 2.69. The Kier molecular flexibility index (Phi) is 12.7. The molecule has 0 aromatic rings. The highest BCUT2D eigenvalue weighted by atomic mass is 16.6. The third kappa shape index (κ3) is 12.6. The van der Waals surface area contributed by atoms with Gasteiger partial charge in [-0.3, -0.25) is 0 Å². The minimum absolute atomic E-state index is 0.0845. The lowest BCUT2D eigenvalue weighted by Gasteiger charge is -2.20. The molecule has 0 fully saturated rings. The van der Waals surface area contributed by atoms with E-state index in [1.165, 1.54) is 0 Å². The Morgan fingerprint density at radius 3 is 1.79 bits per heavy atom. The van der Waals surface area contributed by atoms with Crippen LogP contribution >= 0.6 is 0 Å². The van der Waals surface area contributed by atoms with Crippen LogP contribution in [0.5, 0.6) is 0 Å². The molecule has 0 saturated carbocycles. The van der Waals surface area contributed by atoms with Crippen LogP contribution in [-0.4, -0.2) is 51.3 Å². The van der Waals surface area contributed by atoms with Crippen molar-refractivity contribution in [2.75, 3.05) is 33.0 Å². The standard InChI is InChI=1S/C15H32O4/c1-6-8-9-17-14(4)11-19-15(5)12-18-13(3)10-16-7-2/h13-15H,6-12H2,1-5H3. The highest BCUT2D eigenvalue weighted by Crippen LogP contribution is 2.01. The summed E-state index contributed by atoms with van der Waals surface area (Å²) in [6.07, 6.45) is 2.62. The molecule has 0 saturated heterocycles. The Bertz CT molecular complexity index is 187. The first-order valence-corrected chi connectivity index (χ1v) is 7.52. The second kappa shape index (κ2) is 12.9. The largest absolute Gasteiger partial charge is 0.379 e. The van der Waals surface area contributed by atoms with Gasteiger partial charge in [0.15, 0.2) is 0 Å². The zero-order chi connectivity index (χ0) is 14.5. The van der Waals surface area contributed by atoms with Crippen LogP contribution in [0.15, 0.2) is 0 Å². The topological polar surface area (TPSA) is 36.9 Å². The van der Waals surface area contributed by atoms with Crippen molar-refractivity contribution in [2.45, 2.75) is 65.8 Å². The summed E-state index contributed by atoms with van der Waals surface area (Å²) < 4.78 is 22.3. The summed E-state index contributed by atoms with van der Waals surface area (Å²) in [6, 6.07) is 0. The van der Waals surface area contributed by atoms with Crippen molar-refractivity contribution in [3.05, 3.63) is 0 Å². The van der Waals surface area contributed by atoms with Gasteiger partial charge in [-0.15, -0.1) is 0 Å². The van der Waals surface area contributed by atoms with E-state index < -0.39 is 0 Å². The van der Waals surface area contributed by atoms with E-state index in [1.807, 2.05) is 27.7 Å². The predicted molar refractivity (Wildman–Crippen MR) is 77.6 cm³/mol. The molecule has 0 amide bonds. The summed E-state index contributed by atoms with van der Waals surface area (Å²) in [5.74, 6) is 0. The van der Waals surface area contributed by atoms with E-state index in [-0.39, 0.29) is 18.3 Å². The Morgan fingerprint density at radius 1 is 0.737 bits per heavy atom. The molecule has 4 heteroatoms. The van der Waals surface area contributed by atoms with Crippen molar-refractivity contribution >= 4 is 0 Å². The molecule has 3 atom stereocenters. The van der Waals surface area contributed by atoms with E-state index in [4.69, 9.17) is 18.9 Å². The van der Waals surface area contributed by atoms with Crippen LogP contribution in [-0.2, 0) is 18.9 Å². The number of ether oxygens (including phenoxy) is 4. The van der Waals surface area contributed by atoms with Crippen LogP contribution in [0.2, 0.25) is 0 Å². The smallest absolute Gasteiger partial charge is 0.0781 e. The minimum Gasteiger partial charge on any atom is -0.379 e. The van der Waals surface area contributed by atoms with Crippen molar-refractivity contribution in [3.8, 4) is 0 Å². The average Bonchev–Trinajstić information content (AvgIpc) is 2.40. The third-order valence-corrected chi connectivity index (χ3v) is 2.69. The van der Waals surface area contributed by atoms with E-state index in [0.717, 1.165) is 26.1 Å². The Hall–Kier alpha value is -0.160. The molecule has 0 aliphatic carbocycles. The molecule has 19 heavy (non-hydrogen) atoms. The van der Waals surface area contributed by atoms with E-state index in [0.29, 0.717) is 19.8 Å². The molecule has 116 valence electrons. The lowest BCUT2D eigenvalue weighted by Crippen LogP contribution is -2.26. The average molecular weight is 276 g/mol. The molecule has 0 heterocycles. The second-order valence-corrected chi connectivity index (χ2v) is 4.98. The summed E-state index contributed by atoms with van der Waals surface area (Å²) in [7, 11) is 0. The number of hydrogen-bond donors (Lipinski definition) is 0. The molecule has 0 spiro atoms. The van der Waals surface area contributed by atoms with Crippen molar-refractivity contribution in [1.82, 2.24) is 0 Å². The SMILES string of the molecule is CCCCOC(C)COC(C)COC(C)COCC. The fraction of sp³-hybridized carbons (Fsp3) is 1.00. The lowest BCUT2D eigenvalue weighted by atomic mass is 10.3. The van der Waals surface area contributed by atoms with Crippen molar-refractivity contribution in [2.24, 2.45) is 0 Å². The molecular weight excluding hydrogens is 244 g/mol. The number of rotatable bonds is 13. The molecule has 0 radical (unpaired) electrons. The van der Waals surface area contributed by atoms with Gasteiger partial charge < -0.3 is 18.9 Å². The predicted octanol–water partition coefficient (Wildman–Crippen LogP) is 3.04. The second-order valence-electron chi connectivity index (χ2n) is 4.98. The quantitative estimate of drug-likeness (QED) is 0.485. The number of hydrogen-bond acceptors (Lipinski definition) is 4. The molecule has 0 bridgehead atoms. The van der Waals surface area contributed by atoms with E-state index in [1.54, 1.807) is 0 Å². The van der Waals surface area contributed by atoms with E-state index in [9.17, 15) is 0 Å². The minimum atomic E-state index is 0.0845. The summed E-state index contributed by atoms with van der Waals surface area (Å²) in [4.78, 5) is 0. The molecule has 0 aliphatic rings. The maximum absolute atomic E-state index is 5.70. The van der Waals surface area contributed by atoms with Gasteiger partial charge in [0.2, 0.25) is 0 Å². The molecule has 0 N–H and O–H groups in total. The maximum Gasteiger partial charge on any atom is 0.0781 e. The monoisotopic (exact) mass is 276 g/mol. The van der Waals surface area contributed by atoms with Crippen LogP contribution in [0, 0.1) is 0 Å². The van der Waals surface area contributed by atoms with Gasteiger partial charge >= 0.3 is 0 Å². The first-order chi connectivity index (χ1) is 9.10. The van der Waals surface area contributed by atoms with Crippen LogP contribution in [0.25, 0.3) is 0 Å². The molecular formula is C15H32O4. The highest BCUT2D eigenvalue weighted by Gasteiger charge is 2.09. The zero-order valence-corrected chi connectivity index (χ0v) is 13.3. The summed E-state index contributed by atoms with van der Waals surface area (Å²) in [5.41, 5.74) is 0. The molecule has 0 aliphatic heterocycles. The Labute approximate surface area is 118 Å². The highest BCUT2D eigenvalue weighted by molar-refractivity contribution is 4.55. The van der Waals surface area contributed by atoms with Gasteiger partial charge in [0.25, 0.3) is 0 Å². The Morgan fingerprint density at radius 2 is 1.26 bits per heavy atom. The lowest BCUT2D eigenvalue weighted by molar-refractivity contribution is -0.0793. The Balaban J connectivity index is 3.49. The van der Waals surface area contributed by atoms with Gasteiger partial charge in [0, 0.05) is 13.2 Å². The van der Waals surface area contributed by atoms with Crippen molar-refractivity contribution < 1.29 is 18.9 Å². The van der Waals surface area contributed by atoms with Crippen LogP contribution < -0.4 is 0 Å². The van der Waals surface area contributed by atoms with Gasteiger partial charge in [-0.05, 0) is 34.1 Å². The zero-order valence-electron chi connectivity index (χ0n) is 13.3. The normalized spacial score (nSPS) is 16.3. The van der Waals surface area contributed by atoms with Crippen molar-refractivity contribution in [1.29, 1.82) is 0 Å². The van der Waals surface area contributed by atoms with Crippen LogP contribution in [0.1, 0.15) is 47.5 Å². The van der Waals surface area contributed by atoms with Crippen LogP contribution in [0.3, 0.4) is 0 Å². The van der Waals surface area contributed by atoms with E-state index in [2.05, 4.69) is 6.92 Å². The van der Waals surface area contributed by atoms with Crippen molar-refractivity contribution in [3.63, 3.8) is 0 Å². The molecule has 0 rings (SSSR count). The first-order valence-electron chi connectivity index (χ1n) is 7.52. The summed E-state index contributed by atoms with van der Waals surface area (Å²) in [5, 5.41) is 0. The molecule has 4 nitrogen and oxygen atoms in total. The van der Waals surface area contributed by atoms with Gasteiger partial charge in [0.1, 0.15) is 0 Å². The van der Waals surface area contributed by atoms with Gasteiger partial charge in [-0.2, -0.15) is 0 Å². The first kappa shape index (κ1) is 18.8. The van der Waals surface area contributed by atoms with Gasteiger partial charge in [-0.25, -0.2) is 0 Å². The maximum atomic E-state index is 5.70. The van der Waals surface area contributed by atoms with Crippen LogP contribution in [0.4, 0.5) is 0 Å². The van der Waals surface area contributed by atoms with Gasteiger partial charge in [-0.1, -0.05) is 13.3 Å². The summed E-state index contributed by atoms with van der Waals surface area (Å²) >= 11 is 0. The van der Waals surface area contributed by atoms with Gasteiger partial charge in [0.05, 0.1) is 38.1 Å². The molecule has 0 aromatic heterocycles.